The lowest BCUT2D eigenvalue weighted by molar-refractivity contribution is 0.00214. The molecule has 5 nitrogen and oxygen atoms in total. The number of hydrogen-bond acceptors (Lipinski definition) is 4. The molecule has 3 saturated carbocycles. The number of benzene rings is 2. The number of carbonyl (C=O) groups excluding carboxylic acids is 1. The fourth-order valence-corrected chi connectivity index (χ4v) is 5.35. The smallest absolute Gasteiger partial charge is 0.255 e. The summed E-state index contributed by atoms with van der Waals surface area (Å²) in [4.78, 5) is 17.1. The average Bonchev–Trinajstić information content (AvgIpc) is 2.77. The first-order valence-electron chi connectivity index (χ1n) is 11.7. The summed E-state index contributed by atoms with van der Waals surface area (Å²) in [5.74, 6) is 0.790. The Kier molecular flexibility index (Phi) is 4.82. The molecule has 0 radical (unpaired) electrons. The summed E-state index contributed by atoms with van der Waals surface area (Å²) < 4.78 is 13.9. The van der Waals surface area contributed by atoms with Crippen LogP contribution in [0.4, 0.5) is 27.1 Å². The maximum atomic E-state index is 13.9. The number of aryl methyl sites for hydroxylation is 1. The van der Waals surface area contributed by atoms with Crippen LogP contribution in [0.1, 0.15) is 47.3 Å². The van der Waals surface area contributed by atoms with Gasteiger partial charge >= 0.3 is 0 Å². The van der Waals surface area contributed by atoms with E-state index in [0.717, 1.165) is 39.9 Å². The Morgan fingerprint density at radius 3 is 2.33 bits per heavy atom. The van der Waals surface area contributed by atoms with Gasteiger partial charge in [-0.05, 0) is 98.2 Å². The Bertz CT molecular complexity index is 1170. The van der Waals surface area contributed by atoms with Crippen LogP contribution in [0.25, 0.3) is 0 Å². The summed E-state index contributed by atoms with van der Waals surface area (Å²) in [5, 5.41) is 9.96. The molecule has 2 aromatic carbocycles. The first kappa shape index (κ1) is 20.2. The second-order valence-corrected chi connectivity index (χ2v) is 9.74. The molecule has 0 spiro atoms. The Labute approximate surface area is 192 Å². The van der Waals surface area contributed by atoms with Crippen molar-refractivity contribution in [3.05, 3.63) is 77.6 Å². The maximum Gasteiger partial charge on any atom is 0.255 e. The van der Waals surface area contributed by atoms with Crippen LogP contribution in [0.5, 0.6) is 0 Å². The van der Waals surface area contributed by atoms with Crippen molar-refractivity contribution in [3.63, 3.8) is 0 Å². The normalized spacial score (nSPS) is 24.6. The van der Waals surface area contributed by atoms with Crippen molar-refractivity contribution in [3.8, 4) is 0 Å². The second-order valence-electron chi connectivity index (χ2n) is 9.74. The predicted molar refractivity (Wildman–Crippen MR) is 129 cm³/mol. The minimum atomic E-state index is -0.818. The van der Waals surface area contributed by atoms with E-state index in [-0.39, 0.29) is 5.91 Å². The predicted octanol–water partition coefficient (Wildman–Crippen LogP) is 5.87. The highest BCUT2D eigenvalue weighted by molar-refractivity contribution is 6.04. The van der Waals surface area contributed by atoms with Crippen LogP contribution in [-0.2, 0) is 12.8 Å². The highest BCUT2D eigenvalue weighted by atomic mass is 19.1. The van der Waals surface area contributed by atoms with E-state index in [9.17, 15) is 9.18 Å². The van der Waals surface area contributed by atoms with Gasteiger partial charge in [0.2, 0.25) is 0 Å². The Balaban J connectivity index is 1.09. The van der Waals surface area contributed by atoms with Crippen molar-refractivity contribution in [2.75, 3.05) is 16.0 Å². The SMILES string of the molecule is O=C(Nc1ccc(NC23CC(C2)C3)cc1)c1ccc(Nc2ccnc3c2CC(F)CC3)cc1. The molecule has 0 saturated heterocycles. The number of nitrogens with zero attached hydrogens (tertiary/aromatic N) is 1. The van der Waals surface area contributed by atoms with Gasteiger partial charge in [0.1, 0.15) is 6.17 Å². The van der Waals surface area contributed by atoms with Gasteiger partial charge in [0, 0.05) is 52.2 Å². The van der Waals surface area contributed by atoms with Gasteiger partial charge in [-0.25, -0.2) is 4.39 Å². The minimum absolute atomic E-state index is 0.150. The highest BCUT2D eigenvalue weighted by Gasteiger charge is 2.56. The topological polar surface area (TPSA) is 66.1 Å². The summed E-state index contributed by atoms with van der Waals surface area (Å²) in [6.07, 6.45) is 6.40. The van der Waals surface area contributed by atoms with E-state index in [1.807, 2.05) is 42.5 Å². The van der Waals surface area contributed by atoms with Crippen molar-refractivity contribution in [2.45, 2.75) is 50.2 Å². The zero-order chi connectivity index (χ0) is 22.4. The lowest BCUT2D eigenvalue weighted by atomic mass is 9.50. The fourth-order valence-electron chi connectivity index (χ4n) is 5.35. The van der Waals surface area contributed by atoms with Gasteiger partial charge in [0.05, 0.1) is 0 Å². The van der Waals surface area contributed by atoms with Gasteiger partial charge < -0.3 is 16.0 Å². The minimum Gasteiger partial charge on any atom is -0.380 e. The molecule has 33 heavy (non-hydrogen) atoms. The molecule has 4 aliphatic rings. The average molecular weight is 443 g/mol. The van der Waals surface area contributed by atoms with E-state index in [0.29, 0.717) is 30.4 Å². The Morgan fingerprint density at radius 2 is 1.64 bits per heavy atom. The van der Waals surface area contributed by atoms with Gasteiger partial charge in [-0.3, -0.25) is 9.78 Å². The molecule has 0 aliphatic heterocycles. The van der Waals surface area contributed by atoms with Crippen LogP contribution < -0.4 is 16.0 Å². The summed E-state index contributed by atoms with van der Waals surface area (Å²) in [7, 11) is 0. The molecule has 1 unspecified atom stereocenters. The number of hydrogen-bond donors (Lipinski definition) is 3. The number of anilines is 4. The summed E-state index contributed by atoms with van der Waals surface area (Å²) in [6, 6.07) is 17.1. The molecule has 1 amide bonds. The largest absolute Gasteiger partial charge is 0.380 e. The van der Waals surface area contributed by atoms with Crippen LogP contribution in [0.2, 0.25) is 0 Å². The molecule has 6 heteroatoms. The number of halogens is 1. The summed E-state index contributed by atoms with van der Waals surface area (Å²) in [5.41, 5.74) is 6.46. The van der Waals surface area contributed by atoms with E-state index in [4.69, 9.17) is 0 Å². The molecule has 7 rings (SSSR count). The summed E-state index contributed by atoms with van der Waals surface area (Å²) >= 11 is 0. The molecule has 1 heterocycles. The lowest BCUT2D eigenvalue weighted by Crippen LogP contribution is -2.63. The van der Waals surface area contributed by atoms with E-state index in [2.05, 4.69) is 20.9 Å². The van der Waals surface area contributed by atoms with Gasteiger partial charge in [0.25, 0.3) is 5.91 Å². The molecular weight excluding hydrogens is 415 g/mol. The van der Waals surface area contributed by atoms with E-state index in [1.54, 1.807) is 18.3 Å². The zero-order valence-electron chi connectivity index (χ0n) is 18.4. The highest BCUT2D eigenvalue weighted by Crippen LogP contribution is 2.58. The molecule has 3 fully saturated rings. The third-order valence-electron chi connectivity index (χ3n) is 7.28. The second kappa shape index (κ2) is 7.87. The van der Waals surface area contributed by atoms with E-state index >= 15 is 0 Å². The molecule has 2 bridgehead atoms. The van der Waals surface area contributed by atoms with Crippen LogP contribution in [-0.4, -0.2) is 22.6 Å². The number of aromatic nitrogens is 1. The quantitative estimate of drug-likeness (QED) is 0.447. The van der Waals surface area contributed by atoms with Crippen molar-refractivity contribution >= 4 is 28.7 Å². The maximum absolute atomic E-state index is 13.9. The van der Waals surface area contributed by atoms with Crippen molar-refractivity contribution in [1.29, 1.82) is 0 Å². The number of nitrogens with one attached hydrogen (secondary N) is 3. The molecular formula is C27H27FN4O. The van der Waals surface area contributed by atoms with Crippen molar-refractivity contribution < 1.29 is 9.18 Å². The standard InChI is InChI=1S/C27H27FN4O/c28-19-3-10-24-23(13-19)25(11-12-29-24)30-20-4-1-18(2-5-20)26(33)31-21-6-8-22(9-7-21)32-27-14-17(15-27)16-27/h1-2,4-9,11-12,17,19,32H,3,10,13-16H2,(H,29,30)(H,31,33). The summed E-state index contributed by atoms with van der Waals surface area (Å²) in [6.45, 7) is 0. The molecule has 3 aromatic rings. The van der Waals surface area contributed by atoms with Crippen LogP contribution in [0, 0.1) is 5.92 Å². The van der Waals surface area contributed by atoms with Gasteiger partial charge in [0.15, 0.2) is 0 Å². The van der Waals surface area contributed by atoms with Crippen molar-refractivity contribution in [2.24, 2.45) is 5.92 Å². The monoisotopic (exact) mass is 442 g/mol. The van der Waals surface area contributed by atoms with E-state index in [1.165, 1.54) is 19.3 Å². The molecule has 1 aromatic heterocycles. The number of carbonyl (C=O) groups is 1. The molecule has 168 valence electrons. The van der Waals surface area contributed by atoms with Gasteiger partial charge in [-0.15, -0.1) is 0 Å². The fraction of sp³-hybridized carbons (Fsp3) is 0.333. The third-order valence-corrected chi connectivity index (χ3v) is 7.28. The van der Waals surface area contributed by atoms with E-state index < -0.39 is 6.17 Å². The third kappa shape index (κ3) is 3.94. The number of fused-ring (bicyclic) bond motifs is 1. The van der Waals surface area contributed by atoms with Crippen molar-refractivity contribution in [1.82, 2.24) is 4.98 Å². The van der Waals surface area contributed by atoms with Crippen LogP contribution >= 0.6 is 0 Å². The molecule has 1 atom stereocenters. The van der Waals surface area contributed by atoms with Gasteiger partial charge in [-0.2, -0.15) is 0 Å². The number of pyridine rings is 1. The number of amides is 1. The van der Waals surface area contributed by atoms with Gasteiger partial charge in [-0.1, -0.05) is 0 Å². The Hall–Kier alpha value is -3.41. The molecule has 4 aliphatic carbocycles. The molecule has 3 N–H and O–H groups in total. The zero-order valence-corrected chi connectivity index (χ0v) is 18.4. The first-order chi connectivity index (χ1) is 16.1. The van der Waals surface area contributed by atoms with Crippen LogP contribution in [0.3, 0.4) is 0 Å². The number of rotatable bonds is 6. The Morgan fingerprint density at radius 1 is 0.939 bits per heavy atom. The first-order valence-corrected chi connectivity index (χ1v) is 11.7. The number of alkyl halides is 1. The lowest BCUT2D eigenvalue weighted by Gasteiger charge is -2.62. The van der Waals surface area contributed by atoms with Crippen LogP contribution in [0.15, 0.2) is 60.8 Å².